The van der Waals surface area contributed by atoms with Gasteiger partial charge in [0.1, 0.15) is 22.7 Å². The Kier molecular flexibility index (Phi) is 6.16. The topological polar surface area (TPSA) is 101 Å². The van der Waals surface area contributed by atoms with Crippen molar-refractivity contribution < 1.29 is 21.6 Å². The van der Waals surface area contributed by atoms with Gasteiger partial charge >= 0.3 is 6.18 Å². The molecule has 1 aliphatic carbocycles. The fourth-order valence-corrected chi connectivity index (χ4v) is 5.11. The van der Waals surface area contributed by atoms with E-state index in [2.05, 4.69) is 40.5 Å². The number of benzene rings is 1. The molecule has 1 aliphatic rings. The minimum atomic E-state index is -4.73. The minimum Gasteiger partial charge on any atom is -0.334 e. The smallest absolute Gasteiger partial charge is 0.334 e. The first kappa shape index (κ1) is 24.2. The van der Waals surface area contributed by atoms with Crippen LogP contribution in [0.1, 0.15) is 63.1 Å². The van der Waals surface area contributed by atoms with Crippen LogP contribution >= 0.6 is 0 Å². The second-order valence-corrected chi connectivity index (χ2v) is 10.6. The van der Waals surface area contributed by atoms with E-state index < -0.39 is 27.1 Å². The number of alkyl halides is 3. The second kappa shape index (κ2) is 8.67. The Hall–Kier alpha value is -2.97. The van der Waals surface area contributed by atoms with Crippen LogP contribution in [0.15, 0.2) is 35.5 Å². The number of sulfonamides is 1. The summed E-state index contributed by atoms with van der Waals surface area (Å²) >= 11 is 0. The predicted molar refractivity (Wildman–Crippen MR) is 120 cm³/mol. The van der Waals surface area contributed by atoms with Gasteiger partial charge in [-0.3, -0.25) is 0 Å². The first-order valence-corrected chi connectivity index (χ1v) is 12.4. The Bertz CT molecular complexity index is 1370. The Labute approximate surface area is 195 Å². The van der Waals surface area contributed by atoms with Crippen LogP contribution in [0.5, 0.6) is 0 Å². The van der Waals surface area contributed by atoms with Crippen LogP contribution in [-0.4, -0.2) is 35.2 Å². The molecule has 11 heteroatoms. The van der Waals surface area contributed by atoms with Crippen molar-refractivity contribution >= 4 is 20.9 Å². The fourth-order valence-electron chi connectivity index (χ4n) is 3.99. The van der Waals surface area contributed by atoms with Crippen molar-refractivity contribution in [3.8, 4) is 17.6 Å². The van der Waals surface area contributed by atoms with Gasteiger partial charge in [0.2, 0.25) is 10.0 Å². The molecule has 2 heterocycles. The molecule has 34 heavy (non-hydrogen) atoms. The maximum atomic E-state index is 12.8. The summed E-state index contributed by atoms with van der Waals surface area (Å²) in [6.45, 7) is 4.88. The lowest BCUT2D eigenvalue weighted by atomic mass is 9.92. The van der Waals surface area contributed by atoms with E-state index in [1.165, 1.54) is 0 Å². The highest BCUT2D eigenvalue weighted by atomic mass is 32.2. The number of nitrogens with zero attached hydrogens (tertiary/aromatic N) is 4. The van der Waals surface area contributed by atoms with Gasteiger partial charge in [0, 0.05) is 11.4 Å². The van der Waals surface area contributed by atoms with E-state index in [-0.39, 0.29) is 17.8 Å². The average Bonchev–Trinajstić information content (AvgIpc) is 3.05. The van der Waals surface area contributed by atoms with Crippen LogP contribution in [-0.2, 0) is 10.0 Å². The van der Waals surface area contributed by atoms with E-state index in [0.29, 0.717) is 18.2 Å². The first-order valence-electron chi connectivity index (χ1n) is 10.9. The minimum absolute atomic E-state index is 0.147. The van der Waals surface area contributed by atoms with Crippen LogP contribution in [0.2, 0.25) is 0 Å². The van der Waals surface area contributed by atoms with Crippen molar-refractivity contribution in [2.24, 2.45) is 0 Å². The molecule has 1 atom stereocenters. The van der Waals surface area contributed by atoms with Crippen LogP contribution < -0.4 is 4.72 Å². The molecule has 0 unspecified atom stereocenters. The highest BCUT2D eigenvalue weighted by Crippen LogP contribution is 2.42. The highest BCUT2D eigenvalue weighted by molar-refractivity contribution is 7.89. The second-order valence-electron chi connectivity index (χ2n) is 8.85. The van der Waals surface area contributed by atoms with Crippen molar-refractivity contribution in [3.05, 3.63) is 41.7 Å². The number of aromatic nitrogens is 3. The summed E-state index contributed by atoms with van der Waals surface area (Å²) in [5.41, 5.74) is 2.89. The molecule has 1 N–H and O–H groups in total. The molecule has 180 valence electrons. The standard InChI is InChI=1S/C23H24F3N5O2S/c1-13(2)15-7-8-18-19(10-27)21(31(20(18)9-15)16-5-4-6-16)22-28-11-17(12-29-22)34(32,33)30-14(3)23(24,25)26/h7-9,11-14,16,30H,4-6H2,1-3H3/t14-/m0/s1. The zero-order chi connectivity index (χ0) is 24.8. The Balaban J connectivity index is 1.82. The van der Waals surface area contributed by atoms with Gasteiger partial charge < -0.3 is 4.57 Å². The SMILES string of the molecule is CC(C)c1ccc2c(C#N)c(-c3ncc(S(=O)(=O)N[C@@H](C)C(F)(F)F)cn3)n(C3CCC3)c2c1. The van der Waals surface area contributed by atoms with Crippen molar-refractivity contribution in [2.75, 3.05) is 0 Å². The Morgan fingerprint density at radius 1 is 1.18 bits per heavy atom. The summed E-state index contributed by atoms with van der Waals surface area (Å²) in [7, 11) is -4.48. The molecule has 1 fully saturated rings. The zero-order valence-electron chi connectivity index (χ0n) is 18.9. The molecule has 1 aromatic carbocycles. The maximum Gasteiger partial charge on any atom is 0.404 e. The summed E-state index contributed by atoms with van der Waals surface area (Å²) < 4.78 is 66.8. The van der Waals surface area contributed by atoms with Gasteiger partial charge in [-0.25, -0.2) is 18.4 Å². The summed E-state index contributed by atoms with van der Waals surface area (Å²) in [5, 5.41) is 10.7. The lowest BCUT2D eigenvalue weighted by Gasteiger charge is -2.30. The summed E-state index contributed by atoms with van der Waals surface area (Å²) in [6, 6.07) is 6.08. The molecule has 3 aromatic rings. The maximum absolute atomic E-state index is 12.8. The van der Waals surface area contributed by atoms with E-state index in [9.17, 15) is 26.9 Å². The van der Waals surface area contributed by atoms with E-state index in [4.69, 9.17) is 0 Å². The van der Waals surface area contributed by atoms with Crippen LogP contribution in [0, 0.1) is 11.3 Å². The molecule has 1 saturated carbocycles. The van der Waals surface area contributed by atoms with Crippen molar-refractivity contribution in [1.29, 1.82) is 5.26 Å². The number of nitrogens with one attached hydrogen (secondary N) is 1. The molecular formula is C23H24F3N5O2S. The third-order valence-electron chi connectivity index (χ3n) is 6.22. The van der Waals surface area contributed by atoms with E-state index in [0.717, 1.165) is 48.1 Å². The van der Waals surface area contributed by atoms with Gasteiger partial charge in [0.05, 0.1) is 23.5 Å². The first-order chi connectivity index (χ1) is 15.9. The molecule has 0 amide bonds. The van der Waals surface area contributed by atoms with Gasteiger partial charge in [-0.05, 0) is 43.7 Å². The number of hydrogen-bond acceptors (Lipinski definition) is 5. The van der Waals surface area contributed by atoms with Crippen molar-refractivity contribution in [1.82, 2.24) is 19.3 Å². The molecule has 4 rings (SSSR count). The van der Waals surface area contributed by atoms with Crippen molar-refractivity contribution in [3.63, 3.8) is 0 Å². The van der Waals surface area contributed by atoms with Gasteiger partial charge in [-0.15, -0.1) is 0 Å². The molecule has 0 saturated heterocycles. The average molecular weight is 492 g/mol. The molecular weight excluding hydrogens is 467 g/mol. The third-order valence-corrected chi connectivity index (χ3v) is 7.72. The number of nitriles is 1. The Morgan fingerprint density at radius 3 is 2.32 bits per heavy atom. The quantitative estimate of drug-likeness (QED) is 0.520. The highest BCUT2D eigenvalue weighted by Gasteiger charge is 2.39. The lowest BCUT2D eigenvalue weighted by Crippen LogP contribution is -2.43. The lowest BCUT2D eigenvalue weighted by molar-refractivity contribution is -0.147. The van der Waals surface area contributed by atoms with Gasteiger partial charge in [0.15, 0.2) is 5.82 Å². The molecule has 0 aliphatic heterocycles. The molecule has 7 nitrogen and oxygen atoms in total. The van der Waals surface area contributed by atoms with Crippen molar-refractivity contribution in [2.45, 2.75) is 69.1 Å². The van der Waals surface area contributed by atoms with Gasteiger partial charge in [0.25, 0.3) is 0 Å². The Morgan fingerprint density at radius 2 is 1.82 bits per heavy atom. The van der Waals surface area contributed by atoms with Gasteiger partial charge in [-0.2, -0.15) is 23.2 Å². The van der Waals surface area contributed by atoms with Crippen LogP contribution in [0.3, 0.4) is 0 Å². The largest absolute Gasteiger partial charge is 0.404 e. The third kappa shape index (κ3) is 4.28. The summed E-state index contributed by atoms with van der Waals surface area (Å²) in [4.78, 5) is 7.84. The van der Waals surface area contributed by atoms with E-state index >= 15 is 0 Å². The summed E-state index contributed by atoms with van der Waals surface area (Å²) in [5.74, 6) is 0.434. The van der Waals surface area contributed by atoms with E-state index in [1.54, 1.807) is 4.72 Å². The van der Waals surface area contributed by atoms with E-state index in [1.807, 2.05) is 12.1 Å². The predicted octanol–water partition coefficient (Wildman–Crippen LogP) is 5.05. The number of rotatable bonds is 6. The fraction of sp³-hybridized carbons (Fsp3) is 0.435. The normalized spacial score (nSPS) is 15.9. The number of fused-ring (bicyclic) bond motifs is 1. The summed E-state index contributed by atoms with van der Waals surface area (Å²) in [6.07, 6.45) is 0.123. The monoisotopic (exact) mass is 491 g/mol. The van der Waals surface area contributed by atoms with Crippen LogP contribution in [0.4, 0.5) is 13.2 Å². The molecule has 0 spiro atoms. The van der Waals surface area contributed by atoms with Crippen LogP contribution in [0.25, 0.3) is 22.4 Å². The molecule has 0 radical (unpaired) electrons. The number of hydrogen-bond donors (Lipinski definition) is 1. The van der Waals surface area contributed by atoms with Gasteiger partial charge in [-0.1, -0.05) is 26.0 Å². The number of halogens is 3. The molecule has 0 bridgehead atoms. The molecule has 2 aromatic heterocycles. The zero-order valence-corrected chi connectivity index (χ0v) is 19.7.